The van der Waals surface area contributed by atoms with Gasteiger partial charge in [-0.15, -0.1) is 11.3 Å². The molecule has 1 aromatic carbocycles. The molecule has 1 aliphatic heterocycles. The van der Waals surface area contributed by atoms with Crippen molar-refractivity contribution in [1.29, 1.82) is 0 Å². The first-order valence-corrected chi connectivity index (χ1v) is 12.5. The molecule has 0 spiro atoms. The van der Waals surface area contributed by atoms with Crippen molar-refractivity contribution in [2.24, 2.45) is 5.73 Å². The van der Waals surface area contributed by atoms with Gasteiger partial charge in [-0.2, -0.15) is 4.98 Å². The fourth-order valence-electron chi connectivity index (χ4n) is 4.60. The molecule has 5 rings (SSSR count). The highest BCUT2D eigenvalue weighted by Gasteiger charge is 2.26. The number of fused-ring (bicyclic) bond motifs is 1. The standard InChI is InChI=1S/C24H28N6O3S/c25-22(32)21-17-8-4-5-9-18(17)34-24(21)26-19(31)14-29-10-12-30(13-11-29)15-20-27-23(28-33-20)16-6-2-1-3-7-16/h1-3,6-7H,4-5,8-15H2,(H2,25,32)(H,26,31). The molecule has 2 aliphatic rings. The summed E-state index contributed by atoms with van der Waals surface area (Å²) in [5.41, 5.74) is 8.11. The van der Waals surface area contributed by atoms with E-state index in [1.54, 1.807) is 0 Å². The Bertz CT molecular complexity index is 1170. The number of amides is 2. The quantitative estimate of drug-likeness (QED) is 0.534. The van der Waals surface area contributed by atoms with Crippen LogP contribution in [0.25, 0.3) is 11.4 Å². The van der Waals surface area contributed by atoms with Crippen LogP contribution in [0.1, 0.15) is 39.5 Å². The van der Waals surface area contributed by atoms with Gasteiger partial charge < -0.3 is 15.6 Å². The Morgan fingerprint density at radius 3 is 2.56 bits per heavy atom. The average molecular weight is 481 g/mol. The number of nitrogens with one attached hydrogen (secondary N) is 1. The van der Waals surface area contributed by atoms with Crippen LogP contribution in [0.4, 0.5) is 5.00 Å². The summed E-state index contributed by atoms with van der Waals surface area (Å²) < 4.78 is 5.43. The monoisotopic (exact) mass is 480 g/mol. The average Bonchev–Trinajstić information content (AvgIpc) is 3.45. The Morgan fingerprint density at radius 1 is 1.06 bits per heavy atom. The molecule has 3 heterocycles. The number of rotatable bonds is 7. The van der Waals surface area contributed by atoms with Crippen LogP contribution in [-0.2, 0) is 24.2 Å². The van der Waals surface area contributed by atoms with Gasteiger partial charge >= 0.3 is 0 Å². The number of carbonyl (C=O) groups excluding carboxylic acids is 2. The number of hydrogen-bond donors (Lipinski definition) is 2. The highest BCUT2D eigenvalue weighted by molar-refractivity contribution is 7.17. The fraction of sp³-hybridized carbons (Fsp3) is 0.417. The molecule has 9 nitrogen and oxygen atoms in total. The molecule has 0 radical (unpaired) electrons. The van der Waals surface area contributed by atoms with E-state index in [-0.39, 0.29) is 12.5 Å². The normalized spacial score (nSPS) is 16.8. The van der Waals surface area contributed by atoms with Gasteiger partial charge in [-0.1, -0.05) is 35.5 Å². The summed E-state index contributed by atoms with van der Waals surface area (Å²) >= 11 is 1.50. The molecular weight excluding hydrogens is 452 g/mol. The number of nitrogens with two attached hydrogens (primary N) is 1. The van der Waals surface area contributed by atoms with E-state index < -0.39 is 5.91 Å². The van der Waals surface area contributed by atoms with Crippen molar-refractivity contribution in [3.63, 3.8) is 0 Å². The van der Waals surface area contributed by atoms with E-state index >= 15 is 0 Å². The Morgan fingerprint density at radius 2 is 1.79 bits per heavy atom. The van der Waals surface area contributed by atoms with E-state index in [0.717, 1.165) is 63.0 Å². The molecule has 1 fully saturated rings. The molecule has 0 bridgehead atoms. The number of carbonyl (C=O) groups is 2. The van der Waals surface area contributed by atoms with Gasteiger partial charge in [0.25, 0.3) is 5.91 Å². The molecule has 34 heavy (non-hydrogen) atoms. The van der Waals surface area contributed by atoms with Gasteiger partial charge in [0.2, 0.25) is 17.6 Å². The SMILES string of the molecule is NC(=O)c1c(NC(=O)CN2CCN(Cc3nc(-c4ccccc4)no3)CC2)sc2c1CCCC2. The number of nitrogens with zero attached hydrogens (tertiary/aromatic N) is 4. The van der Waals surface area contributed by atoms with Gasteiger partial charge in [0.1, 0.15) is 5.00 Å². The Balaban J connectivity index is 1.12. The van der Waals surface area contributed by atoms with Crippen LogP contribution < -0.4 is 11.1 Å². The first-order chi connectivity index (χ1) is 16.6. The molecule has 178 valence electrons. The maximum atomic E-state index is 12.7. The second-order valence-electron chi connectivity index (χ2n) is 8.76. The molecule has 10 heteroatoms. The van der Waals surface area contributed by atoms with Gasteiger partial charge in [-0.3, -0.25) is 19.4 Å². The molecule has 2 aromatic heterocycles. The number of thiophene rings is 1. The molecule has 3 N–H and O–H groups in total. The number of piperazine rings is 1. The van der Waals surface area contributed by atoms with E-state index in [2.05, 4.69) is 25.3 Å². The van der Waals surface area contributed by atoms with Crippen LogP contribution in [0.2, 0.25) is 0 Å². The largest absolute Gasteiger partial charge is 0.365 e. The van der Waals surface area contributed by atoms with Crippen molar-refractivity contribution in [3.05, 3.63) is 52.2 Å². The molecular formula is C24H28N6O3S. The predicted molar refractivity (Wildman–Crippen MR) is 130 cm³/mol. The van der Waals surface area contributed by atoms with Crippen LogP contribution in [0.5, 0.6) is 0 Å². The highest BCUT2D eigenvalue weighted by atomic mass is 32.1. The topological polar surface area (TPSA) is 118 Å². The zero-order valence-corrected chi connectivity index (χ0v) is 19.8. The molecule has 3 aromatic rings. The predicted octanol–water partition coefficient (Wildman–Crippen LogP) is 2.53. The van der Waals surface area contributed by atoms with Gasteiger partial charge in [-0.25, -0.2) is 0 Å². The van der Waals surface area contributed by atoms with Crippen LogP contribution in [0.15, 0.2) is 34.9 Å². The first kappa shape index (κ1) is 22.7. The summed E-state index contributed by atoms with van der Waals surface area (Å²) in [6.45, 7) is 4.00. The third-order valence-electron chi connectivity index (χ3n) is 6.36. The number of benzene rings is 1. The molecule has 1 saturated heterocycles. The van der Waals surface area contributed by atoms with Gasteiger partial charge in [0, 0.05) is 36.6 Å². The van der Waals surface area contributed by atoms with Crippen molar-refractivity contribution in [2.75, 3.05) is 38.0 Å². The third kappa shape index (κ3) is 5.03. The maximum Gasteiger partial charge on any atom is 0.251 e. The van der Waals surface area contributed by atoms with E-state index in [0.29, 0.717) is 28.8 Å². The summed E-state index contributed by atoms with van der Waals surface area (Å²) in [5, 5.41) is 7.64. The number of aromatic nitrogens is 2. The Labute approximate surface area is 201 Å². The summed E-state index contributed by atoms with van der Waals surface area (Å²) in [4.78, 5) is 34.8. The van der Waals surface area contributed by atoms with Crippen molar-refractivity contribution in [1.82, 2.24) is 19.9 Å². The molecule has 0 unspecified atom stereocenters. The van der Waals surface area contributed by atoms with Crippen molar-refractivity contribution in [2.45, 2.75) is 32.2 Å². The summed E-state index contributed by atoms with van der Waals surface area (Å²) in [6.07, 6.45) is 3.97. The van der Waals surface area contributed by atoms with Crippen LogP contribution in [0.3, 0.4) is 0 Å². The van der Waals surface area contributed by atoms with Crippen LogP contribution in [0, 0.1) is 0 Å². The molecule has 0 saturated carbocycles. The van der Waals surface area contributed by atoms with E-state index in [1.165, 1.54) is 16.2 Å². The van der Waals surface area contributed by atoms with Gasteiger partial charge in [0.15, 0.2) is 0 Å². The minimum Gasteiger partial charge on any atom is -0.365 e. The van der Waals surface area contributed by atoms with Gasteiger partial charge in [-0.05, 0) is 31.2 Å². The van der Waals surface area contributed by atoms with Crippen molar-refractivity contribution < 1.29 is 14.1 Å². The minimum atomic E-state index is -0.459. The number of aryl methyl sites for hydroxylation is 1. The molecule has 0 atom stereocenters. The van der Waals surface area contributed by atoms with Crippen molar-refractivity contribution in [3.8, 4) is 11.4 Å². The lowest BCUT2D eigenvalue weighted by Gasteiger charge is -2.33. The summed E-state index contributed by atoms with van der Waals surface area (Å²) in [5.74, 6) is 0.612. The summed E-state index contributed by atoms with van der Waals surface area (Å²) in [6, 6.07) is 9.76. The zero-order chi connectivity index (χ0) is 23.5. The lowest BCUT2D eigenvalue weighted by molar-refractivity contribution is -0.117. The Kier molecular flexibility index (Phi) is 6.70. The number of primary amides is 1. The highest BCUT2D eigenvalue weighted by Crippen LogP contribution is 2.37. The first-order valence-electron chi connectivity index (χ1n) is 11.6. The Hall–Kier alpha value is -3.08. The molecule has 1 aliphatic carbocycles. The van der Waals surface area contributed by atoms with E-state index in [4.69, 9.17) is 10.3 Å². The second-order valence-corrected chi connectivity index (χ2v) is 9.86. The lowest BCUT2D eigenvalue weighted by atomic mass is 9.95. The zero-order valence-electron chi connectivity index (χ0n) is 19.0. The van der Waals surface area contributed by atoms with Crippen molar-refractivity contribution >= 4 is 28.2 Å². The fourth-order valence-corrected chi connectivity index (χ4v) is 5.92. The minimum absolute atomic E-state index is 0.112. The summed E-state index contributed by atoms with van der Waals surface area (Å²) in [7, 11) is 0. The van der Waals surface area contributed by atoms with E-state index in [9.17, 15) is 9.59 Å². The third-order valence-corrected chi connectivity index (χ3v) is 7.57. The molecule has 2 amide bonds. The lowest BCUT2D eigenvalue weighted by Crippen LogP contribution is -2.48. The van der Waals surface area contributed by atoms with Crippen LogP contribution >= 0.6 is 11.3 Å². The van der Waals surface area contributed by atoms with E-state index in [1.807, 2.05) is 30.3 Å². The van der Waals surface area contributed by atoms with Crippen LogP contribution in [-0.4, -0.2) is 64.5 Å². The smallest absolute Gasteiger partial charge is 0.251 e. The number of anilines is 1. The second kappa shape index (κ2) is 10.0. The maximum absolute atomic E-state index is 12.7. The van der Waals surface area contributed by atoms with Gasteiger partial charge in [0.05, 0.1) is 18.7 Å². The number of hydrogen-bond acceptors (Lipinski definition) is 8.